The van der Waals surface area contributed by atoms with Gasteiger partial charge < -0.3 is 33.4 Å². The van der Waals surface area contributed by atoms with Crippen molar-refractivity contribution in [3.05, 3.63) is 46.4 Å². The van der Waals surface area contributed by atoms with Gasteiger partial charge >= 0.3 is 5.97 Å². The predicted molar refractivity (Wildman–Crippen MR) is 161 cm³/mol. The van der Waals surface area contributed by atoms with Crippen molar-refractivity contribution >= 4 is 17.0 Å². The number of aromatic nitrogens is 3. The summed E-state index contributed by atoms with van der Waals surface area (Å²) >= 11 is 0. The summed E-state index contributed by atoms with van der Waals surface area (Å²) in [7, 11) is 3.41. The van der Waals surface area contributed by atoms with Gasteiger partial charge in [0.1, 0.15) is 30.3 Å². The van der Waals surface area contributed by atoms with Crippen molar-refractivity contribution in [2.75, 3.05) is 40.1 Å². The number of hydrogen-bond acceptors (Lipinski definition) is 8. The first kappa shape index (κ1) is 30.3. The highest BCUT2D eigenvalue weighted by Crippen LogP contribution is 2.30. The van der Waals surface area contributed by atoms with Crippen LogP contribution in [0, 0.1) is 12.8 Å². The Kier molecular flexibility index (Phi) is 10.3. The quantitative estimate of drug-likeness (QED) is 0.239. The van der Waals surface area contributed by atoms with Gasteiger partial charge in [-0.1, -0.05) is 0 Å². The summed E-state index contributed by atoms with van der Waals surface area (Å²) in [6.45, 7) is 5.59. The van der Waals surface area contributed by atoms with Crippen LogP contribution < -0.4 is 15.6 Å². The Morgan fingerprint density at radius 1 is 1.14 bits per heavy atom. The molecule has 1 N–H and O–H groups in total. The van der Waals surface area contributed by atoms with Crippen LogP contribution in [0.1, 0.15) is 50.5 Å². The Morgan fingerprint density at radius 3 is 2.67 bits per heavy atom. The van der Waals surface area contributed by atoms with Crippen LogP contribution in [0.25, 0.3) is 22.4 Å². The highest BCUT2D eigenvalue weighted by Gasteiger charge is 2.25. The highest BCUT2D eigenvalue weighted by molar-refractivity contribution is 5.82. The number of rotatable bonds is 13. The highest BCUT2D eigenvalue weighted by atomic mass is 16.5. The second kappa shape index (κ2) is 14.3. The fraction of sp³-hybridized carbons (Fsp3) is 0.594. The zero-order valence-electron chi connectivity index (χ0n) is 25.1. The molecule has 10 heteroatoms. The molecule has 2 fully saturated rings. The van der Waals surface area contributed by atoms with Crippen LogP contribution in [0.15, 0.2) is 35.3 Å². The number of nitrogens with one attached hydrogen (secondary N) is 1. The lowest BCUT2D eigenvalue weighted by atomic mass is 10.00. The Morgan fingerprint density at radius 2 is 1.93 bits per heavy atom. The van der Waals surface area contributed by atoms with Crippen LogP contribution in [0.4, 0.5) is 0 Å². The molecular weight excluding hydrogens is 536 g/mol. The molecule has 0 radical (unpaired) electrons. The Balaban J connectivity index is 1.29. The van der Waals surface area contributed by atoms with Crippen molar-refractivity contribution in [1.29, 1.82) is 0 Å². The van der Waals surface area contributed by atoms with Gasteiger partial charge in [0.15, 0.2) is 0 Å². The van der Waals surface area contributed by atoms with E-state index in [1.807, 2.05) is 31.3 Å². The van der Waals surface area contributed by atoms with Crippen LogP contribution in [0.2, 0.25) is 0 Å². The summed E-state index contributed by atoms with van der Waals surface area (Å²) in [4.78, 5) is 30.2. The molecule has 0 amide bonds. The zero-order valence-corrected chi connectivity index (χ0v) is 25.1. The van der Waals surface area contributed by atoms with Gasteiger partial charge in [0, 0.05) is 70.5 Å². The lowest BCUT2D eigenvalue weighted by Crippen LogP contribution is -2.42. The minimum Gasteiger partial charge on any atom is -0.492 e. The SMILES string of the molecule is COCC[C@H](NCCOc1ccc2c(c1)nc(-c1cc(C)c(=O)n(C)c1)n2CC1CCOCC1)C(=O)OC1CCCC1. The van der Waals surface area contributed by atoms with E-state index in [4.69, 9.17) is 23.9 Å². The molecule has 10 nitrogen and oxygen atoms in total. The predicted octanol–water partition coefficient (Wildman–Crippen LogP) is 4.00. The van der Waals surface area contributed by atoms with E-state index >= 15 is 0 Å². The Labute approximate surface area is 247 Å². The summed E-state index contributed by atoms with van der Waals surface area (Å²) in [6.07, 6.45) is 8.60. The molecule has 2 aliphatic rings. The van der Waals surface area contributed by atoms with Crippen LogP contribution >= 0.6 is 0 Å². The third-order valence-corrected chi connectivity index (χ3v) is 8.36. The average Bonchev–Trinajstić information content (AvgIpc) is 3.63. The maximum Gasteiger partial charge on any atom is 0.323 e. The second-order valence-electron chi connectivity index (χ2n) is 11.6. The molecule has 1 aliphatic carbocycles. The maximum atomic E-state index is 12.8. The third kappa shape index (κ3) is 7.40. The topological polar surface area (TPSA) is 106 Å². The molecule has 1 saturated heterocycles. The molecule has 228 valence electrons. The second-order valence-corrected chi connectivity index (χ2v) is 11.6. The standard InChI is InChI=1S/C32H44N4O6/c1-22-18-24(21-35(2)31(22)37)30-34-28-19-26(8-9-29(28)36(30)20-23-10-15-40-16-11-23)41-17-13-33-27(12-14-39-3)32(38)42-25-6-4-5-7-25/h8-9,18-19,21,23,25,27,33H,4-7,10-17,20H2,1-3H3/t27-/m0/s1. The fourth-order valence-electron chi connectivity index (χ4n) is 5.99. The number of ether oxygens (including phenoxy) is 4. The Hall–Kier alpha value is -3.21. The van der Waals surface area contributed by atoms with Crippen molar-refractivity contribution in [1.82, 2.24) is 19.4 Å². The fourth-order valence-corrected chi connectivity index (χ4v) is 5.99. The maximum absolute atomic E-state index is 12.8. The number of methoxy groups -OCH3 is 1. The first-order valence-corrected chi connectivity index (χ1v) is 15.2. The number of hydrogen-bond donors (Lipinski definition) is 1. The van der Waals surface area contributed by atoms with E-state index in [0.717, 1.165) is 80.7 Å². The molecule has 2 aromatic heterocycles. The minimum atomic E-state index is -0.426. The number of nitrogens with zero attached hydrogens (tertiary/aromatic N) is 3. The van der Waals surface area contributed by atoms with Gasteiger partial charge in [0.2, 0.25) is 0 Å². The lowest BCUT2D eigenvalue weighted by Gasteiger charge is -2.23. The van der Waals surface area contributed by atoms with Gasteiger partial charge in [-0.25, -0.2) is 4.98 Å². The summed E-state index contributed by atoms with van der Waals surface area (Å²) in [5.41, 5.74) is 3.46. The number of carbonyl (C=O) groups excluding carboxylic acids is 1. The van der Waals surface area contributed by atoms with Crippen molar-refractivity contribution in [3.8, 4) is 17.1 Å². The molecule has 42 heavy (non-hydrogen) atoms. The lowest BCUT2D eigenvalue weighted by molar-refractivity contribution is -0.151. The number of pyridine rings is 1. The van der Waals surface area contributed by atoms with Gasteiger partial charge in [0.25, 0.3) is 5.56 Å². The molecule has 1 aromatic carbocycles. The van der Waals surface area contributed by atoms with Gasteiger partial charge in [-0.3, -0.25) is 9.59 Å². The van der Waals surface area contributed by atoms with E-state index in [9.17, 15) is 9.59 Å². The van der Waals surface area contributed by atoms with Gasteiger partial charge in [0.05, 0.1) is 11.0 Å². The molecule has 0 bridgehead atoms. The van der Waals surface area contributed by atoms with E-state index in [-0.39, 0.29) is 17.6 Å². The minimum absolute atomic E-state index is 0.00797. The number of esters is 1. The first-order valence-electron chi connectivity index (χ1n) is 15.2. The summed E-state index contributed by atoms with van der Waals surface area (Å²) in [6, 6.07) is 7.49. The molecule has 0 unspecified atom stereocenters. The molecule has 1 aliphatic heterocycles. The molecule has 1 saturated carbocycles. The molecular formula is C32H44N4O6. The number of fused-ring (bicyclic) bond motifs is 1. The molecule has 5 rings (SSSR count). The summed E-state index contributed by atoms with van der Waals surface area (Å²) in [5.74, 6) is 1.84. The van der Waals surface area contributed by atoms with E-state index in [1.165, 1.54) is 0 Å². The molecule has 0 spiro atoms. The van der Waals surface area contributed by atoms with Gasteiger partial charge in [-0.2, -0.15) is 0 Å². The van der Waals surface area contributed by atoms with Crippen LogP contribution in [-0.4, -0.2) is 72.3 Å². The largest absolute Gasteiger partial charge is 0.492 e. The number of aryl methyl sites for hydroxylation is 2. The summed E-state index contributed by atoms with van der Waals surface area (Å²) in [5, 5.41) is 3.29. The molecule has 1 atom stereocenters. The molecule has 3 heterocycles. The third-order valence-electron chi connectivity index (χ3n) is 8.36. The Bertz CT molecular complexity index is 1380. The smallest absolute Gasteiger partial charge is 0.323 e. The number of carbonyl (C=O) groups is 1. The van der Waals surface area contributed by atoms with E-state index < -0.39 is 6.04 Å². The van der Waals surface area contributed by atoms with E-state index in [2.05, 4.69) is 16.0 Å². The van der Waals surface area contributed by atoms with Crippen LogP contribution in [0.3, 0.4) is 0 Å². The van der Waals surface area contributed by atoms with Crippen molar-refractivity contribution in [3.63, 3.8) is 0 Å². The molecule has 3 aromatic rings. The van der Waals surface area contributed by atoms with Gasteiger partial charge in [-0.05, 0) is 76.0 Å². The van der Waals surface area contributed by atoms with Crippen LogP contribution in [0.5, 0.6) is 5.75 Å². The zero-order chi connectivity index (χ0) is 29.5. The van der Waals surface area contributed by atoms with Gasteiger partial charge in [-0.15, -0.1) is 0 Å². The average molecular weight is 581 g/mol. The van der Waals surface area contributed by atoms with E-state index in [0.29, 0.717) is 43.4 Å². The van der Waals surface area contributed by atoms with Crippen LogP contribution in [-0.2, 0) is 32.6 Å². The first-order chi connectivity index (χ1) is 20.4. The van der Waals surface area contributed by atoms with Crippen molar-refractivity contribution < 1.29 is 23.7 Å². The normalized spacial score (nSPS) is 17.1. The van der Waals surface area contributed by atoms with Crippen molar-refractivity contribution in [2.24, 2.45) is 13.0 Å². The van der Waals surface area contributed by atoms with E-state index in [1.54, 1.807) is 18.7 Å². The summed E-state index contributed by atoms with van der Waals surface area (Å²) < 4.78 is 26.5. The number of imidazole rings is 1. The number of benzene rings is 1. The van der Waals surface area contributed by atoms with Crippen molar-refractivity contribution in [2.45, 2.75) is 70.6 Å². The monoisotopic (exact) mass is 580 g/mol.